The van der Waals surface area contributed by atoms with Crippen LogP contribution in [0.5, 0.6) is 0 Å². The number of hydrogen-bond acceptors (Lipinski definition) is 1. The van der Waals surface area contributed by atoms with Crippen LogP contribution in [0.3, 0.4) is 0 Å². The summed E-state index contributed by atoms with van der Waals surface area (Å²) >= 11 is 5.97. The molecule has 1 aromatic heterocycles. The maximum Gasteiger partial charge on any atom is 0.140 e. The normalized spacial score (nSPS) is 11.1. The first-order chi connectivity index (χ1) is 8.65. The van der Waals surface area contributed by atoms with Crippen molar-refractivity contribution in [2.45, 2.75) is 0 Å². The molecule has 90 valence electrons. The maximum atomic E-state index is 13.2. The van der Waals surface area contributed by atoms with Gasteiger partial charge in [0.05, 0.1) is 11.0 Å². The van der Waals surface area contributed by atoms with Crippen molar-refractivity contribution in [2.75, 3.05) is 0 Å². The topological polar surface area (TPSA) is 17.8 Å². The highest BCUT2D eigenvalue weighted by molar-refractivity contribution is 6.31. The number of aromatic nitrogens is 2. The number of aryl methyl sites for hydroxylation is 1. The molecule has 0 saturated carbocycles. The average Bonchev–Trinajstić information content (AvgIpc) is 2.67. The fourth-order valence-corrected chi connectivity index (χ4v) is 2.22. The molecule has 0 saturated heterocycles. The molecule has 4 heteroatoms. The van der Waals surface area contributed by atoms with Crippen LogP contribution in [0.4, 0.5) is 4.39 Å². The summed E-state index contributed by atoms with van der Waals surface area (Å²) in [5, 5.41) is 0.663. The van der Waals surface area contributed by atoms with E-state index in [-0.39, 0.29) is 5.82 Å². The second-order valence-corrected chi connectivity index (χ2v) is 4.57. The molecule has 2 nitrogen and oxygen atoms in total. The lowest BCUT2D eigenvalue weighted by Crippen LogP contribution is -1.92. The van der Waals surface area contributed by atoms with Crippen LogP contribution in [0.25, 0.3) is 22.4 Å². The van der Waals surface area contributed by atoms with Crippen LogP contribution in [-0.4, -0.2) is 9.55 Å². The van der Waals surface area contributed by atoms with E-state index >= 15 is 0 Å². The zero-order valence-corrected chi connectivity index (χ0v) is 10.4. The Morgan fingerprint density at radius 2 is 2.00 bits per heavy atom. The first-order valence-electron chi connectivity index (χ1n) is 5.53. The standard InChI is InChI=1S/C14H10ClFN2/c1-18-13-8-10(15)5-6-12(13)17-14(18)9-3-2-4-11(16)7-9/h2-8H,1H3. The third-order valence-corrected chi connectivity index (χ3v) is 3.16. The Hall–Kier alpha value is -1.87. The summed E-state index contributed by atoms with van der Waals surface area (Å²) in [6.45, 7) is 0. The molecule has 3 rings (SSSR count). The van der Waals surface area contributed by atoms with Crippen molar-refractivity contribution in [3.63, 3.8) is 0 Å². The largest absolute Gasteiger partial charge is 0.327 e. The highest BCUT2D eigenvalue weighted by Crippen LogP contribution is 2.25. The van der Waals surface area contributed by atoms with Crippen molar-refractivity contribution in [1.82, 2.24) is 9.55 Å². The summed E-state index contributed by atoms with van der Waals surface area (Å²) < 4.78 is 15.2. The number of nitrogens with zero attached hydrogens (tertiary/aromatic N) is 2. The van der Waals surface area contributed by atoms with E-state index in [1.165, 1.54) is 12.1 Å². The summed E-state index contributed by atoms with van der Waals surface area (Å²) in [5.41, 5.74) is 2.53. The summed E-state index contributed by atoms with van der Waals surface area (Å²) in [6.07, 6.45) is 0. The maximum absolute atomic E-state index is 13.2. The van der Waals surface area contributed by atoms with Crippen molar-refractivity contribution >= 4 is 22.6 Å². The van der Waals surface area contributed by atoms with Crippen molar-refractivity contribution in [3.05, 3.63) is 53.3 Å². The zero-order valence-electron chi connectivity index (χ0n) is 9.69. The van der Waals surface area contributed by atoms with Crippen LogP contribution >= 0.6 is 11.6 Å². The number of rotatable bonds is 1. The molecule has 0 spiro atoms. The first kappa shape index (κ1) is 11.2. The third-order valence-electron chi connectivity index (χ3n) is 2.93. The summed E-state index contributed by atoms with van der Waals surface area (Å²) in [5.74, 6) is 0.462. The second-order valence-electron chi connectivity index (χ2n) is 4.14. The van der Waals surface area contributed by atoms with E-state index in [1.807, 2.05) is 29.8 Å². The lowest BCUT2D eigenvalue weighted by Gasteiger charge is -2.02. The fraction of sp³-hybridized carbons (Fsp3) is 0.0714. The Morgan fingerprint density at radius 3 is 2.78 bits per heavy atom. The van der Waals surface area contributed by atoms with Crippen molar-refractivity contribution in [1.29, 1.82) is 0 Å². The number of hydrogen-bond donors (Lipinski definition) is 0. The van der Waals surface area contributed by atoms with Gasteiger partial charge >= 0.3 is 0 Å². The van der Waals surface area contributed by atoms with Crippen LogP contribution in [0, 0.1) is 5.82 Å². The molecule has 1 heterocycles. The summed E-state index contributed by atoms with van der Waals surface area (Å²) in [6, 6.07) is 11.9. The monoisotopic (exact) mass is 260 g/mol. The van der Waals surface area contributed by atoms with Gasteiger partial charge in [0, 0.05) is 17.6 Å². The summed E-state index contributed by atoms with van der Waals surface area (Å²) in [7, 11) is 1.89. The van der Waals surface area contributed by atoms with Gasteiger partial charge in [-0.3, -0.25) is 0 Å². The van der Waals surface area contributed by atoms with E-state index in [1.54, 1.807) is 12.1 Å². The van der Waals surface area contributed by atoms with Gasteiger partial charge in [-0.2, -0.15) is 0 Å². The zero-order chi connectivity index (χ0) is 12.7. The predicted molar refractivity (Wildman–Crippen MR) is 71.1 cm³/mol. The highest BCUT2D eigenvalue weighted by atomic mass is 35.5. The van der Waals surface area contributed by atoms with Crippen LogP contribution in [0.2, 0.25) is 5.02 Å². The van der Waals surface area contributed by atoms with Gasteiger partial charge in [-0.15, -0.1) is 0 Å². The minimum atomic E-state index is -0.266. The fourth-order valence-electron chi connectivity index (χ4n) is 2.05. The Balaban J connectivity index is 2.27. The van der Waals surface area contributed by atoms with Gasteiger partial charge in [-0.25, -0.2) is 9.37 Å². The molecule has 0 amide bonds. The molecule has 0 aliphatic heterocycles. The SMILES string of the molecule is Cn1c(-c2cccc(F)c2)nc2ccc(Cl)cc21. The number of fused-ring (bicyclic) bond motifs is 1. The smallest absolute Gasteiger partial charge is 0.140 e. The van der Waals surface area contributed by atoms with E-state index in [9.17, 15) is 4.39 Å². The van der Waals surface area contributed by atoms with E-state index in [2.05, 4.69) is 4.98 Å². The molecule has 0 fully saturated rings. The van der Waals surface area contributed by atoms with Gasteiger partial charge in [0.25, 0.3) is 0 Å². The molecule has 2 aromatic carbocycles. The molecule has 0 atom stereocenters. The van der Waals surface area contributed by atoms with Gasteiger partial charge in [0.2, 0.25) is 0 Å². The molecule has 0 aliphatic rings. The average molecular weight is 261 g/mol. The Bertz CT molecular complexity index is 734. The third kappa shape index (κ3) is 1.77. The number of benzene rings is 2. The Kier molecular flexibility index (Phi) is 2.56. The molecule has 3 aromatic rings. The van der Waals surface area contributed by atoms with Crippen LogP contribution in [0.1, 0.15) is 0 Å². The van der Waals surface area contributed by atoms with Crippen LogP contribution in [-0.2, 0) is 7.05 Å². The Labute approximate surface area is 109 Å². The van der Waals surface area contributed by atoms with E-state index in [0.717, 1.165) is 22.4 Å². The number of imidazole rings is 1. The highest BCUT2D eigenvalue weighted by Gasteiger charge is 2.10. The van der Waals surface area contributed by atoms with E-state index < -0.39 is 0 Å². The molecule has 0 N–H and O–H groups in total. The van der Waals surface area contributed by atoms with Gasteiger partial charge in [0.15, 0.2) is 0 Å². The van der Waals surface area contributed by atoms with Gasteiger partial charge < -0.3 is 4.57 Å². The van der Waals surface area contributed by atoms with Crippen LogP contribution < -0.4 is 0 Å². The molecule has 0 bridgehead atoms. The van der Waals surface area contributed by atoms with Gasteiger partial charge in [-0.05, 0) is 30.3 Å². The van der Waals surface area contributed by atoms with Crippen LogP contribution in [0.15, 0.2) is 42.5 Å². The first-order valence-corrected chi connectivity index (χ1v) is 5.91. The molecule has 0 unspecified atom stereocenters. The molecule has 18 heavy (non-hydrogen) atoms. The molecule has 0 radical (unpaired) electrons. The molecule has 0 aliphatic carbocycles. The van der Waals surface area contributed by atoms with Crippen molar-refractivity contribution in [2.24, 2.45) is 7.05 Å². The van der Waals surface area contributed by atoms with E-state index in [0.29, 0.717) is 5.02 Å². The van der Waals surface area contributed by atoms with Crippen molar-refractivity contribution < 1.29 is 4.39 Å². The van der Waals surface area contributed by atoms with Gasteiger partial charge in [-0.1, -0.05) is 23.7 Å². The second kappa shape index (κ2) is 4.10. The lowest BCUT2D eigenvalue weighted by molar-refractivity contribution is 0.628. The van der Waals surface area contributed by atoms with Gasteiger partial charge in [0.1, 0.15) is 11.6 Å². The predicted octanol–water partition coefficient (Wildman–Crippen LogP) is 4.03. The minimum Gasteiger partial charge on any atom is -0.327 e. The minimum absolute atomic E-state index is 0.266. The van der Waals surface area contributed by atoms with Crippen molar-refractivity contribution in [3.8, 4) is 11.4 Å². The quantitative estimate of drug-likeness (QED) is 0.646. The lowest BCUT2D eigenvalue weighted by atomic mass is 10.2. The van der Waals surface area contributed by atoms with E-state index in [4.69, 9.17) is 11.6 Å². The Morgan fingerprint density at radius 1 is 1.17 bits per heavy atom. The number of halogens is 2. The summed E-state index contributed by atoms with van der Waals surface area (Å²) in [4.78, 5) is 4.50. The molecular formula is C14H10ClFN2. The molecular weight excluding hydrogens is 251 g/mol.